The van der Waals surface area contributed by atoms with Crippen molar-refractivity contribution in [3.05, 3.63) is 53.6 Å². The maximum atomic E-state index is 12.6. The first kappa shape index (κ1) is 17.8. The summed E-state index contributed by atoms with van der Waals surface area (Å²) in [6, 6.07) is 13.5. The smallest absolute Gasteiger partial charge is 0.262 e. The van der Waals surface area contributed by atoms with Gasteiger partial charge in [0.2, 0.25) is 0 Å². The summed E-state index contributed by atoms with van der Waals surface area (Å²) in [5.41, 5.74) is 3.29. The first-order chi connectivity index (χ1) is 11.9. The number of aryl methyl sites for hydroxylation is 2. The summed E-state index contributed by atoms with van der Waals surface area (Å²) >= 11 is 0. The quantitative estimate of drug-likeness (QED) is 0.803. The minimum absolute atomic E-state index is 0.330. The second kappa shape index (κ2) is 7.48. The number of anilines is 2. The average molecular weight is 359 g/mol. The molecule has 0 amide bonds. The predicted octanol–water partition coefficient (Wildman–Crippen LogP) is 4.85. The number of benzene rings is 2. The minimum Gasteiger partial charge on any atom is -0.382 e. The van der Waals surface area contributed by atoms with Gasteiger partial charge in [0, 0.05) is 17.4 Å². The molecule has 25 heavy (non-hydrogen) atoms. The summed E-state index contributed by atoms with van der Waals surface area (Å²) in [4.78, 5) is 0.330. The Morgan fingerprint density at radius 1 is 0.880 bits per heavy atom. The van der Waals surface area contributed by atoms with Crippen LogP contribution in [0.3, 0.4) is 0 Å². The van der Waals surface area contributed by atoms with Crippen LogP contribution in [-0.4, -0.2) is 14.5 Å². The zero-order chi connectivity index (χ0) is 17.9. The highest BCUT2D eigenvalue weighted by Gasteiger charge is 2.17. The van der Waals surface area contributed by atoms with Crippen molar-refractivity contribution in [3.8, 4) is 0 Å². The normalized spacial score (nSPS) is 15.8. The van der Waals surface area contributed by atoms with Gasteiger partial charge in [0.15, 0.2) is 0 Å². The molecule has 0 radical (unpaired) electrons. The summed E-state index contributed by atoms with van der Waals surface area (Å²) in [7, 11) is -3.58. The Bertz CT molecular complexity index is 823. The molecule has 0 atom stereocenters. The highest BCUT2D eigenvalue weighted by Crippen LogP contribution is 2.24. The Hall–Kier alpha value is -2.01. The second-order valence-corrected chi connectivity index (χ2v) is 8.58. The van der Waals surface area contributed by atoms with Gasteiger partial charge in [-0.25, -0.2) is 8.42 Å². The Kier molecular flexibility index (Phi) is 5.33. The molecule has 0 bridgehead atoms. The van der Waals surface area contributed by atoms with E-state index in [9.17, 15) is 8.42 Å². The van der Waals surface area contributed by atoms with Crippen molar-refractivity contribution >= 4 is 21.4 Å². The number of nitrogens with one attached hydrogen (secondary N) is 2. The predicted molar refractivity (Wildman–Crippen MR) is 104 cm³/mol. The van der Waals surface area contributed by atoms with Crippen LogP contribution in [0.4, 0.5) is 11.4 Å². The molecule has 2 N–H and O–H groups in total. The third kappa shape index (κ3) is 4.54. The maximum Gasteiger partial charge on any atom is 0.262 e. The molecule has 5 heteroatoms. The lowest BCUT2D eigenvalue weighted by Crippen LogP contribution is -2.22. The van der Waals surface area contributed by atoms with Crippen molar-refractivity contribution < 1.29 is 8.42 Å². The number of hydrogen-bond donors (Lipinski definition) is 2. The first-order valence-corrected chi connectivity index (χ1v) is 10.4. The number of sulfonamides is 1. The molecular formula is C20H26N2O2S. The molecule has 0 heterocycles. The summed E-state index contributed by atoms with van der Waals surface area (Å²) in [5, 5.41) is 3.54. The Morgan fingerprint density at radius 2 is 1.52 bits per heavy atom. The van der Waals surface area contributed by atoms with E-state index in [1.54, 1.807) is 6.07 Å². The van der Waals surface area contributed by atoms with Crippen molar-refractivity contribution in [2.45, 2.75) is 56.9 Å². The second-order valence-electron chi connectivity index (χ2n) is 6.93. The van der Waals surface area contributed by atoms with Crippen LogP contribution >= 0.6 is 0 Å². The lowest BCUT2D eigenvalue weighted by atomic mass is 9.95. The van der Waals surface area contributed by atoms with Gasteiger partial charge in [-0.05, 0) is 68.1 Å². The Balaban J connectivity index is 1.71. The SMILES string of the molecule is Cc1ccc(C)c(S(=O)(=O)Nc2ccc(NC3CCCCC3)cc2)c1. The molecule has 2 aromatic rings. The van der Waals surface area contributed by atoms with Gasteiger partial charge in [-0.3, -0.25) is 4.72 Å². The Morgan fingerprint density at radius 3 is 2.20 bits per heavy atom. The van der Waals surface area contributed by atoms with Crippen LogP contribution in [0.25, 0.3) is 0 Å². The highest BCUT2D eigenvalue weighted by atomic mass is 32.2. The summed E-state index contributed by atoms with van der Waals surface area (Å²) < 4.78 is 28.0. The van der Waals surface area contributed by atoms with Crippen molar-refractivity contribution in [2.75, 3.05) is 10.0 Å². The molecule has 0 aromatic heterocycles. The van der Waals surface area contributed by atoms with E-state index in [2.05, 4.69) is 10.0 Å². The van der Waals surface area contributed by atoms with Gasteiger partial charge in [-0.1, -0.05) is 31.4 Å². The fourth-order valence-corrected chi connectivity index (χ4v) is 4.71. The average Bonchev–Trinajstić information content (AvgIpc) is 2.59. The van der Waals surface area contributed by atoms with E-state index in [-0.39, 0.29) is 0 Å². The van der Waals surface area contributed by atoms with E-state index in [0.29, 0.717) is 16.6 Å². The van der Waals surface area contributed by atoms with Gasteiger partial charge in [-0.15, -0.1) is 0 Å². The largest absolute Gasteiger partial charge is 0.382 e. The van der Waals surface area contributed by atoms with Gasteiger partial charge < -0.3 is 5.32 Å². The van der Waals surface area contributed by atoms with Gasteiger partial charge in [0.25, 0.3) is 10.0 Å². The third-order valence-corrected chi connectivity index (χ3v) is 6.27. The van der Waals surface area contributed by atoms with E-state index < -0.39 is 10.0 Å². The minimum atomic E-state index is -3.58. The lowest BCUT2D eigenvalue weighted by molar-refractivity contribution is 0.463. The monoisotopic (exact) mass is 358 g/mol. The molecule has 1 fully saturated rings. The summed E-state index contributed by atoms with van der Waals surface area (Å²) in [6.45, 7) is 3.70. The molecule has 0 saturated heterocycles. The molecule has 2 aromatic carbocycles. The van der Waals surface area contributed by atoms with Crippen molar-refractivity contribution in [3.63, 3.8) is 0 Å². The molecule has 0 unspecified atom stereocenters. The van der Waals surface area contributed by atoms with E-state index >= 15 is 0 Å². The van der Waals surface area contributed by atoms with Crippen molar-refractivity contribution in [2.24, 2.45) is 0 Å². The molecule has 3 rings (SSSR count). The van der Waals surface area contributed by atoms with Crippen molar-refractivity contribution in [1.82, 2.24) is 0 Å². The molecule has 134 valence electrons. The van der Waals surface area contributed by atoms with E-state index in [4.69, 9.17) is 0 Å². The standard InChI is InChI=1S/C20H26N2O2S/c1-15-8-9-16(2)20(14-15)25(23,24)22-19-12-10-18(11-13-19)21-17-6-4-3-5-7-17/h8-14,17,21-22H,3-7H2,1-2H3. The zero-order valence-corrected chi connectivity index (χ0v) is 15.7. The molecule has 1 saturated carbocycles. The van der Waals surface area contributed by atoms with E-state index in [1.165, 1.54) is 32.1 Å². The molecule has 0 aliphatic heterocycles. The van der Waals surface area contributed by atoms with E-state index in [0.717, 1.165) is 16.8 Å². The number of hydrogen-bond acceptors (Lipinski definition) is 3. The van der Waals surface area contributed by atoms with Crippen LogP contribution in [-0.2, 0) is 10.0 Å². The highest BCUT2D eigenvalue weighted by molar-refractivity contribution is 7.92. The lowest BCUT2D eigenvalue weighted by Gasteiger charge is -2.24. The third-order valence-electron chi connectivity index (χ3n) is 4.75. The molecule has 1 aliphatic carbocycles. The van der Waals surface area contributed by atoms with Crippen LogP contribution in [0.1, 0.15) is 43.2 Å². The molecular weight excluding hydrogens is 332 g/mol. The van der Waals surface area contributed by atoms with Crippen molar-refractivity contribution in [1.29, 1.82) is 0 Å². The zero-order valence-electron chi connectivity index (χ0n) is 14.9. The fourth-order valence-electron chi connectivity index (χ4n) is 3.32. The van der Waals surface area contributed by atoms with Crippen LogP contribution in [0.5, 0.6) is 0 Å². The van der Waals surface area contributed by atoms with Crippen LogP contribution < -0.4 is 10.0 Å². The molecule has 0 spiro atoms. The number of rotatable bonds is 5. The van der Waals surface area contributed by atoms with Gasteiger partial charge >= 0.3 is 0 Å². The maximum absolute atomic E-state index is 12.6. The fraction of sp³-hybridized carbons (Fsp3) is 0.400. The van der Waals surface area contributed by atoms with Crippen LogP contribution in [0, 0.1) is 13.8 Å². The summed E-state index contributed by atoms with van der Waals surface area (Å²) in [5.74, 6) is 0. The van der Waals surface area contributed by atoms with Gasteiger partial charge in [-0.2, -0.15) is 0 Å². The Labute approximate surface area is 150 Å². The van der Waals surface area contributed by atoms with Gasteiger partial charge in [0.05, 0.1) is 4.90 Å². The molecule has 1 aliphatic rings. The first-order valence-electron chi connectivity index (χ1n) is 8.91. The summed E-state index contributed by atoms with van der Waals surface area (Å²) in [6.07, 6.45) is 6.32. The van der Waals surface area contributed by atoms with Crippen LogP contribution in [0.2, 0.25) is 0 Å². The van der Waals surface area contributed by atoms with Gasteiger partial charge in [0.1, 0.15) is 0 Å². The van der Waals surface area contributed by atoms with E-state index in [1.807, 2.05) is 50.2 Å². The topological polar surface area (TPSA) is 58.2 Å². The molecule has 4 nitrogen and oxygen atoms in total. The van der Waals surface area contributed by atoms with Crippen LogP contribution in [0.15, 0.2) is 47.4 Å².